The molecule has 1 fully saturated rings. The Labute approximate surface area is 200 Å². The predicted octanol–water partition coefficient (Wildman–Crippen LogP) is 4.01. The zero-order valence-corrected chi connectivity index (χ0v) is 20.4. The average Bonchev–Trinajstić information content (AvgIpc) is 3.30. The first-order valence-electron chi connectivity index (χ1n) is 10.8. The van der Waals surface area contributed by atoms with E-state index < -0.39 is 0 Å². The van der Waals surface area contributed by atoms with Crippen LogP contribution in [0.4, 0.5) is 0 Å². The highest BCUT2D eigenvalue weighted by Gasteiger charge is 2.36. The summed E-state index contributed by atoms with van der Waals surface area (Å²) < 4.78 is 11.9. The Morgan fingerprint density at radius 2 is 2.03 bits per heavy atom. The summed E-state index contributed by atoms with van der Waals surface area (Å²) in [5.41, 5.74) is 2.63. The fourth-order valence-electron chi connectivity index (χ4n) is 4.30. The second kappa shape index (κ2) is 8.98. The molecular weight excluding hydrogens is 452 g/mol. The van der Waals surface area contributed by atoms with E-state index in [0.29, 0.717) is 45.1 Å². The maximum absolute atomic E-state index is 12.9. The third kappa shape index (κ3) is 4.31. The Bertz CT molecular complexity index is 1360. The van der Waals surface area contributed by atoms with Gasteiger partial charge in [-0.15, -0.1) is 0 Å². The molecule has 3 heterocycles. The minimum Gasteiger partial charge on any atom is -0.460 e. The van der Waals surface area contributed by atoms with E-state index in [-0.39, 0.29) is 27.8 Å². The minimum atomic E-state index is -0.222. The second-order valence-electron chi connectivity index (χ2n) is 8.69. The van der Waals surface area contributed by atoms with Crippen LogP contribution in [0, 0.1) is 19.3 Å². The van der Waals surface area contributed by atoms with Crippen molar-refractivity contribution < 1.29 is 18.7 Å². The van der Waals surface area contributed by atoms with Crippen LogP contribution in [0.2, 0.25) is 0 Å². The molecule has 1 aromatic carbocycles. The molecule has 0 unspecified atom stereocenters. The van der Waals surface area contributed by atoms with Crippen molar-refractivity contribution in [1.29, 1.82) is 5.41 Å². The normalized spacial score (nSPS) is 20.0. The van der Waals surface area contributed by atoms with Gasteiger partial charge in [-0.2, -0.15) is 10.5 Å². The number of hydrogen-bond donors (Lipinski definition) is 4. The van der Waals surface area contributed by atoms with Crippen molar-refractivity contribution in [3.05, 3.63) is 58.6 Å². The molecule has 1 aliphatic heterocycles. The highest BCUT2D eigenvalue weighted by molar-refractivity contribution is 8.15. The van der Waals surface area contributed by atoms with E-state index >= 15 is 0 Å². The molecule has 34 heavy (non-hydrogen) atoms. The van der Waals surface area contributed by atoms with Crippen molar-refractivity contribution in [1.82, 2.24) is 15.6 Å². The molecule has 1 aliphatic rings. The van der Waals surface area contributed by atoms with Gasteiger partial charge in [0, 0.05) is 48.5 Å². The van der Waals surface area contributed by atoms with Crippen LogP contribution in [0.1, 0.15) is 44.7 Å². The Balaban J connectivity index is 1.60. The summed E-state index contributed by atoms with van der Waals surface area (Å²) in [7, 11) is 1.69. The highest BCUT2D eigenvalue weighted by Crippen LogP contribution is 2.35. The van der Waals surface area contributed by atoms with Gasteiger partial charge in [-0.3, -0.25) is 9.59 Å². The molecule has 0 atom stereocenters. The Kier molecular flexibility index (Phi) is 6.22. The van der Waals surface area contributed by atoms with Crippen LogP contribution in [0.3, 0.4) is 0 Å². The molecule has 0 radical (unpaired) electrons. The molecule has 178 valence electrons. The van der Waals surface area contributed by atoms with Gasteiger partial charge in [0.05, 0.1) is 22.4 Å². The van der Waals surface area contributed by atoms with Crippen LogP contribution < -0.4 is 15.4 Å². The largest absolute Gasteiger partial charge is 0.460 e. The van der Waals surface area contributed by atoms with Crippen LogP contribution in [0.5, 0.6) is 5.75 Å². The number of rotatable bonds is 7. The monoisotopic (exact) mass is 480 g/mol. The summed E-state index contributed by atoms with van der Waals surface area (Å²) in [5, 5.41) is 14.0. The fourth-order valence-corrected chi connectivity index (χ4v) is 6.16. The predicted molar refractivity (Wildman–Crippen MR) is 138 cm³/mol. The van der Waals surface area contributed by atoms with Crippen LogP contribution in [-0.2, 0) is 0 Å². The lowest BCUT2D eigenvalue weighted by atomic mass is 10.1. The van der Waals surface area contributed by atoms with Gasteiger partial charge in [0.15, 0.2) is 5.76 Å². The number of H-pyrrole nitrogens is 1. The highest BCUT2D eigenvalue weighted by atomic mass is 32.2. The topological polar surface area (TPSA) is 120 Å². The quantitative estimate of drug-likeness (QED) is 0.232. The molecule has 0 aliphatic carbocycles. The second-order valence-corrected chi connectivity index (χ2v) is 10.5. The number of fused-ring (bicyclic) bond motifs is 1. The van der Waals surface area contributed by atoms with E-state index in [0.717, 1.165) is 23.3 Å². The van der Waals surface area contributed by atoms with Crippen LogP contribution in [0.15, 0.2) is 34.9 Å². The summed E-state index contributed by atoms with van der Waals surface area (Å²) in [4.78, 5) is 28.2. The number of aromatic nitrogens is 1. The van der Waals surface area contributed by atoms with Gasteiger partial charge in [0.2, 0.25) is 0 Å². The Morgan fingerprint density at radius 3 is 2.68 bits per heavy atom. The van der Waals surface area contributed by atoms with Gasteiger partial charge in [-0.25, -0.2) is 0 Å². The molecule has 8 nitrogen and oxygen atoms in total. The first kappa shape index (κ1) is 23.6. The molecule has 0 spiro atoms. The van der Waals surface area contributed by atoms with E-state index in [1.165, 1.54) is 6.08 Å². The number of ether oxygens (including phenoxy) is 1. The smallest absolute Gasteiger partial charge is 0.255 e. The van der Waals surface area contributed by atoms with Crippen molar-refractivity contribution in [3.63, 3.8) is 0 Å². The summed E-state index contributed by atoms with van der Waals surface area (Å²) in [5.74, 6) is 6.83. The molecule has 4 N–H and O–H groups in total. The molecule has 0 saturated carbocycles. The summed E-state index contributed by atoms with van der Waals surface area (Å²) in [6, 6.07) is 5.21. The van der Waals surface area contributed by atoms with Crippen LogP contribution in [-0.4, -0.2) is 53.0 Å². The maximum Gasteiger partial charge on any atom is 0.255 e. The van der Waals surface area contributed by atoms with Crippen molar-refractivity contribution in [2.45, 2.75) is 26.3 Å². The molecule has 0 bridgehead atoms. The number of carbonyl (C=O) groups is 2. The van der Waals surface area contributed by atoms with Crippen molar-refractivity contribution in [2.75, 3.05) is 18.6 Å². The number of allylic oxidation sites excluding steroid dienone is 1. The third-order valence-electron chi connectivity index (χ3n) is 5.85. The fraction of sp³-hybridized carbons (Fsp3) is 0.280. The van der Waals surface area contributed by atoms with Crippen molar-refractivity contribution >= 4 is 51.1 Å². The molecule has 3 aromatic rings. The lowest BCUT2D eigenvalue weighted by Gasteiger charge is -2.41. The van der Waals surface area contributed by atoms with Gasteiger partial charge in [-0.1, -0.05) is 5.87 Å². The van der Waals surface area contributed by atoms with Crippen molar-refractivity contribution in [3.8, 4) is 5.75 Å². The summed E-state index contributed by atoms with van der Waals surface area (Å²) in [6.07, 6.45) is 4.29. The number of benzene rings is 1. The molecule has 4 rings (SSSR count). The average molecular weight is 481 g/mol. The van der Waals surface area contributed by atoms with E-state index in [2.05, 4.69) is 21.5 Å². The summed E-state index contributed by atoms with van der Waals surface area (Å²) >= 11 is 0. The number of hydrogen-bond acceptors (Lipinski definition) is 5. The third-order valence-corrected chi connectivity index (χ3v) is 7.94. The molecule has 2 aromatic heterocycles. The van der Waals surface area contributed by atoms with E-state index in [9.17, 15) is 9.59 Å². The molecule has 1 saturated heterocycles. The Hall–Kier alpha value is -3.59. The van der Waals surface area contributed by atoms with E-state index in [1.807, 2.05) is 13.8 Å². The van der Waals surface area contributed by atoms with E-state index in [1.54, 1.807) is 38.4 Å². The standard InChI is InChI=1S/C25H28N4O4S/c1-14-18(23(30)29-25(3)12-34(5)13-25)11-28-22(14)19(8-9-26)33-16-6-7-17-20(10-16)32-15(2)21(17)24(31)27-4/h6-11,26,28H,5,12-13H2,1-4H3,(H,27,31)(H,29,30)/b19-8+,26-9?. The maximum atomic E-state index is 12.9. The first-order chi connectivity index (χ1) is 16.2. The van der Waals surface area contributed by atoms with Gasteiger partial charge in [0.25, 0.3) is 11.8 Å². The molecule has 2 amide bonds. The Morgan fingerprint density at radius 1 is 1.29 bits per heavy atom. The number of aromatic amines is 1. The van der Waals surface area contributed by atoms with Gasteiger partial charge in [0.1, 0.15) is 17.1 Å². The van der Waals surface area contributed by atoms with Crippen LogP contribution >= 0.6 is 10.5 Å². The lowest BCUT2D eigenvalue weighted by molar-refractivity contribution is 0.0916. The number of furan rings is 1. The van der Waals surface area contributed by atoms with E-state index in [4.69, 9.17) is 14.6 Å². The number of amides is 2. The SMILES string of the molecule is C=S1CC(C)(NC(=O)c2c[nH]c(/C(=C\C=N)Oc3ccc4c(C(=O)NC)c(C)oc4c3)c2C)C1. The van der Waals surface area contributed by atoms with Crippen LogP contribution in [0.25, 0.3) is 16.7 Å². The first-order valence-corrected chi connectivity index (χ1v) is 12.5. The number of nitrogens with one attached hydrogen (secondary N) is 4. The lowest BCUT2D eigenvalue weighted by Crippen LogP contribution is -2.56. The number of carbonyl (C=O) groups excluding carboxylic acids is 2. The number of aryl methyl sites for hydroxylation is 1. The zero-order chi connectivity index (χ0) is 24.6. The van der Waals surface area contributed by atoms with Gasteiger partial charge >= 0.3 is 0 Å². The summed E-state index contributed by atoms with van der Waals surface area (Å²) in [6.45, 7) is 5.61. The molecule has 9 heteroatoms. The van der Waals surface area contributed by atoms with Crippen molar-refractivity contribution in [2.24, 2.45) is 0 Å². The molecular formula is C25H28N4O4S. The minimum absolute atomic E-state index is 0.113. The van der Waals surface area contributed by atoms with Gasteiger partial charge < -0.3 is 30.2 Å². The van der Waals surface area contributed by atoms with Gasteiger partial charge in [-0.05, 0) is 38.5 Å². The zero-order valence-electron chi connectivity index (χ0n) is 19.6.